The Morgan fingerprint density at radius 1 is 0.895 bits per heavy atom. The topological polar surface area (TPSA) is 134 Å². The Kier molecular flexibility index (Phi) is 10.9. The van der Waals surface area contributed by atoms with Crippen molar-refractivity contribution in [1.82, 2.24) is 20.5 Å². The van der Waals surface area contributed by atoms with Gasteiger partial charge in [-0.25, -0.2) is 0 Å². The summed E-state index contributed by atoms with van der Waals surface area (Å²) in [7, 11) is 4.69. The molecule has 3 rings (SSSR count). The van der Waals surface area contributed by atoms with Crippen molar-refractivity contribution in [3.05, 3.63) is 58.0 Å². The lowest BCUT2D eigenvalue weighted by atomic mass is 10.1. The quantitative estimate of drug-likeness (QED) is 0.287. The Morgan fingerprint density at radius 3 is 2.34 bits per heavy atom. The maximum Gasteiger partial charge on any atom is 0.273 e. The fourth-order valence-electron chi connectivity index (χ4n) is 3.65. The number of hydrogen-bond acceptors (Lipinski definition) is 9. The van der Waals surface area contributed by atoms with Crippen molar-refractivity contribution in [3.8, 4) is 34.4 Å². The lowest BCUT2D eigenvalue weighted by molar-refractivity contribution is -0.121. The molecule has 0 fully saturated rings. The number of hydrogen-bond donors (Lipinski definition) is 2. The predicted octanol–water partition coefficient (Wildman–Crippen LogP) is 2.56. The van der Waals surface area contributed by atoms with Crippen molar-refractivity contribution in [2.75, 3.05) is 47.7 Å². The van der Waals surface area contributed by atoms with Crippen molar-refractivity contribution >= 4 is 5.91 Å². The Labute approximate surface area is 221 Å². The number of methoxy groups -OCH3 is 3. The second-order valence-corrected chi connectivity index (χ2v) is 8.15. The number of carbonyl (C=O) groups is 1. The second-order valence-electron chi connectivity index (χ2n) is 8.15. The van der Waals surface area contributed by atoms with Gasteiger partial charge in [0.2, 0.25) is 5.91 Å². The molecule has 0 aliphatic rings. The fraction of sp³-hybridized carbons (Fsp3) is 0.407. The van der Waals surface area contributed by atoms with E-state index < -0.39 is 5.56 Å². The molecular weight excluding hydrogens is 492 g/mol. The molecule has 2 N–H and O–H groups in total. The first kappa shape index (κ1) is 28.5. The molecule has 1 heterocycles. The number of H-pyrrole nitrogens is 1. The first-order valence-electron chi connectivity index (χ1n) is 12.3. The van der Waals surface area contributed by atoms with Gasteiger partial charge in [0, 0.05) is 31.6 Å². The van der Waals surface area contributed by atoms with E-state index in [0.29, 0.717) is 61.3 Å². The molecular formula is C27H34N4O7. The molecule has 2 aromatic carbocycles. The molecule has 0 radical (unpaired) electrons. The molecule has 1 aromatic heterocycles. The van der Waals surface area contributed by atoms with Crippen LogP contribution in [0.15, 0.2) is 41.2 Å². The summed E-state index contributed by atoms with van der Waals surface area (Å²) in [5, 5.41) is 11.0. The smallest absolute Gasteiger partial charge is 0.273 e. The molecule has 0 saturated carbocycles. The van der Waals surface area contributed by atoms with Gasteiger partial charge in [0.1, 0.15) is 12.3 Å². The Bertz CT molecular complexity index is 1260. The molecule has 0 saturated heterocycles. The molecule has 0 spiro atoms. The van der Waals surface area contributed by atoms with Gasteiger partial charge in [-0.05, 0) is 49.2 Å². The lowest BCUT2D eigenvalue weighted by Crippen LogP contribution is -2.27. The third-order valence-corrected chi connectivity index (χ3v) is 5.66. The van der Waals surface area contributed by atoms with Gasteiger partial charge in [-0.1, -0.05) is 6.07 Å². The van der Waals surface area contributed by atoms with Crippen LogP contribution >= 0.6 is 0 Å². The lowest BCUT2D eigenvalue weighted by Gasteiger charge is -2.12. The molecule has 1 amide bonds. The average Bonchev–Trinajstić information content (AvgIpc) is 2.94. The number of aromatic nitrogens is 3. The van der Waals surface area contributed by atoms with E-state index in [0.717, 1.165) is 5.56 Å². The van der Waals surface area contributed by atoms with Gasteiger partial charge in [0.15, 0.2) is 28.8 Å². The van der Waals surface area contributed by atoms with Gasteiger partial charge in [-0.3, -0.25) is 9.59 Å². The Hall–Kier alpha value is -4.12. The van der Waals surface area contributed by atoms with Gasteiger partial charge in [-0.2, -0.15) is 0 Å². The van der Waals surface area contributed by atoms with Gasteiger partial charge in [0.05, 0.1) is 27.9 Å². The molecule has 0 aliphatic carbocycles. The third kappa shape index (κ3) is 7.94. The first-order chi connectivity index (χ1) is 18.5. The standard InChI is InChI=1S/C27H34N4O7/c1-5-37-14-15-38-22-10-7-19(17-24(22)36-4)26-29-27(33)20(30-31-26)8-11-25(32)28-13-12-18-6-9-21(34-2)23(16-18)35-3/h6-7,9-10,16-17H,5,8,11-15H2,1-4H3,(H,28,32)(H,29,31,33). The van der Waals surface area contributed by atoms with Crippen LogP contribution in [0.4, 0.5) is 0 Å². The molecule has 11 heteroatoms. The van der Waals surface area contributed by atoms with E-state index in [2.05, 4.69) is 20.5 Å². The number of nitrogens with one attached hydrogen (secondary N) is 2. The highest BCUT2D eigenvalue weighted by molar-refractivity contribution is 5.76. The minimum absolute atomic E-state index is 0.116. The fourth-order valence-corrected chi connectivity index (χ4v) is 3.65. The Morgan fingerprint density at radius 2 is 1.63 bits per heavy atom. The van der Waals surface area contributed by atoms with Crippen LogP contribution in [0.1, 0.15) is 24.6 Å². The van der Waals surface area contributed by atoms with Crippen molar-refractivity contribution < 1.29 is 28.5 Å². The normalized spacial score (nSPS) is 10.6. The number of rotatable bonds is 15. The maximum absolute atomic E-state index is 12.6. The van der Waals surface area contributed by atoms with E-state index in [1.54, 1.807) is 32.4 Å². The molecule has 0 atom stereocenters. The number of carbonyl (C=O) groups excluding carboxylic acids is 1. The summed E-state index contributed by atoms with van der Waals surface area (Å²) >= 11 is 0. The summed E-state index contributed by atoms with van der Waals surface area (Å²) in [5.74, 6) is 2.45. The SMILES string of the molecule is CCOCCOc1ccc(-c2nnc(CCC(=O)NCCc3ccc(OC)c(OC)c3)c(=O)[nH]2)cc1OC. The summed E-state index contributed by atoms with van der Waals surface area (Å²) in [5.41, 5.74) is 1.40. The van der Waals surface area contributed by atoms with Crippen LogP contribution in [0.3, 0.4) is 0 Å². The zero-order valence-electron chi connectivity index (χ0n) is 22.2. The van der Waals surface area contributed by atoms with Gasteiger partial charge in [0.25, 0.3) is 5.56 Å². The van der Waals surface area contributed by atoms with Crippen molar-refractivity contribution in [1.29, 1.82) is 0 Å². The highest BCUT2D eigenvalue weighted by Gasteiger charge is 2.13. The molecule has 0 unspecified atom stereocenters. The van der Waals surface area contributed by atoms with Crippen molar-refractivity contribution in [2.24, 2.45) is 0 Å². The highest BCUT2D eigenvalue weighted by Crippen LogP contribution is 2.31. The average molecular weight is 527 g/mol. The predicted molar refractivity (Wildman–Crippen MR) is 141 cm³/mol. The van der Waals surface area contributed by atoms with Crippen molar-refractivity contribution in [2.45, 2.75) is 26.2 Å². The number of ether oxygens (including phenoxy) is 5. The van der Waals surface area contributed by atoms with Gasteiger partial charge in [-0.15, -0.1) is 10.2 Å². The van der Waals surface area contributed by atoms with E-state index in [1.807, 2.05) is 25.1 Å². The molecule has 38 heavy (non-hydrogen) atoms. The van der Waals surface area contributed by atoms with Crippen molar-refractivity contribution in [3.63, 3.8) is 0 Å². The second kappa shape index (κ2) is 14.6. The molecule has 11 nitrogen and oxygen atoms in total. The van der Waals surface area contributed by atoms with Crippen LogP contribution in [0.25, 0.3) is 11.4 Å². The van der Waals surface area contributed by atoms with E-state index >= 15 is 0 Å². The van der Waals surface area contributed by atoms with Gasteiger partial charge >= 0.3 is 0 Å². The summed E-state index contributed by atoms with van der Waals surface area (Å²) in [6.45, 7) is 3.84. The monoisotopic (exact) mass is 526 g/mol. The number of benzene rings is 2. The number of aryl methyl sites for hydroxylation is 1. The first-order valence-corrected chi connectivity index (χ1v) is 12.3. The van der Waals surface area contributed by atoms with E-state index in [1.165, 1.54) is 7.11 Å². The van der Waals surface area contributed by atoms with Crippen LogP contribution in [0.5, 0.6) is 23.0 Å². The maximum atomic E-state index is 12.6. The largest absolute Gasteiger partial charge is 0.493 e. The summed E-state index contributed by atoms with van der Waals surface area (Å²) in [4.78, 5) is 27.6. The number of nitrogens with zero attached hydrogens (tertiary/aromatic N) is 2. The van der Waals surface area contributed by atoms with Crippen LogP contribution in [-0.4, -0.2) is 68.8 Å². The summed E-state index contributed by atoms with van der Waals surface area (Å²) in [6.07, 6.45) is 0.909. The van der Waals surface area contributed by atoms with Crippen LogP contribution in [-0.2, 0) is 22.4 Å². The minimum atomic E-state index is -0.399. The van der Waals surface area contributed by atoms with Crippen LogP contribution < -0.4 is 29.8 Å². The van der Waals surface area contributed by atoms with E-state index in [9.17, 15) is 9.59 Å². The van der Waals surface area contributed by atoms with Crippen LogP contribution in [0, 0.1) is 0 Å². The highest BCUT2D eigenvalue weighted by atomic mass is 16.5. The zero-order valence-corrected chi connectivity index (χ0v) is 22.2. The molecule has 0 bridgehead atoms. The summed E-state index contributed by atoms with van der Waals surface area (Å²) < 4.78 is 26.9. The molecule has 204 valence electrons. The summed E-state index contributed by atoms with van der Waals surface area (Å²) in [6, 6.07) is 10.8. The zero-order chi connectivity index (χ0) is 27.3. The minimum Gasteiger partial charge on any atom is -0.493 e. The van der Waals surface area contributed by atoms with Gasteiger partial charge < -0.3 is 34.0 Å². The van der Waals surface area contributed by atoms with Crippen LogP contribution in [0.2, 0.25) is 0 Å². The molecule has 3 aromatic rings. The molecule has 0 aliphatic heterocycles. The third-order valence-electron chi connectivity index (χ3n) is 5.66. The number of amides is 1. The Balaban J connectivity index is 1.52. The van der Waals surface area contributed by atoms with E-state index in [4.69, 9.17) is 23.7 Å². The number of aromatic amines is 1. The van der Waals surface area contributed by atoms with E-state index in [-0.39, 0.29) is 30.3 Å².